The minimum Gasteiger partial charge on any atom is -0.396 e. The van der Waals surface area contributed by atoms with Gasteiger partial charge in [0.15, 0.2) is 0 Å². The fourth-order valence-corrected chi connectivity index (χ4v) is 3.07. The molecule has 1 saturated carbocycles. The normalized spacial score (nSPS) is 28.5. The van der Waals surface area contributed by atoms with Gasteiger partial charge in [-0.2, -0.15) is 0 Å². The third-order valence-corrected chi connectivity index (χ3v) is 4.31. The van der Waals surface area contributed by atoms with Gasteiger partial charge < -0.3 is 15.2 Å². The van der Waals surface area contributed by atoms with Crippen molar-refractivity contribution in [2.45, 2.75) is 70.1 Å². The molecule has 0 aromatic heterocycles. The molecule has 114 valence electrons. The molecule has 0 aliphatic heterocycles. The second-order valence-electron chi connectivity index (χ2n) is 5.97. The number of rotatable bonds is 6. The minimum absolute atomic E-state index is 0.00804. The van der Waals surface area contributed by atoms with Gasteiger partial charge in [0.2, 0.25) is 5.91 Å². The first kappa shape index (κ1) is 15.5. The Morgan fingerprint density at radius 3 is 2.70 bits per heavy atom. The predicted octanol–water partition coefficient (Wildman–Crippen LogP) is 2.17. The van der Waals surface area contributed by atoms with E-state index in [1.54, 1.807) is 0 Å². The third-order valence-electron chi connectivity index (χ3n) is 4.31. The summed E-state index contributed by atoms with van der Waals surface area (Å²) in [6.45, 7) is 2.15. The quantitative estimate of drug-likeness (QED) is 0.734. The Morgan fingerprint density at radius 1 is 1.35 bits per heavy atom. The zero-order valence-electron chi connectivity index (χ0n) is 12.4. The average Bonchev–Trinajstić information content (AvgIpc) is 2.93. The largest absolute Gasteiger partial charge is 0.396 e. The molecule has 2 N–H and O–H groups in total. The number of aliphatic hydroxyl groups is 1. The highest BCUT2D eigenvalue weighted by Crippen LogP contribution is 2.23. The van der Waals surface area contributed by atoms with Gasteiger partial charge in [0.05, 0.1) is 6.10 Å². The van der Waals surface area contributed by atoms with Crippen LogP contribution in [0.2, 0.25) is 0 Å². The van der Waals surface area contributed by atoms with Gasteiger partial charge in [-0.1, -0.05) is 38.3 Å². The lowest BCUT2D eigenvalue weighted by Gasteiger charge is -2.27. The van der Waals surface area contributed by atoms with Crippen molar-refractivity contribution in [2.75, 3.05) is 6.61 Å². The Kier molecular flexibility index (Phi) is 6.05. The highest BCUT2D eigenvalue weighted by atomic mass is 16.5. The van der Waals surface area contributed by atoms with E-state index in [2.05, 4.69) is 5.32 Å². The molecule has 2 rings (SSSR count). The Labute approximate surface area is 121 Å². The van der Waals surface area contributed by atoms with E-state index in [0.717, 1.165) is 19.3 Å². The maximum Gasteiger partial charge on any atom is 0.249 e. The second-order valence-corrected chi connectivity index (χ2v) is 5.97. The van der Waals surface area contributed by atoms with Gasteiger partial charge in [0.25, 0.3) is 0 Å². The van der Waals surface area contributed by atoms with E-state index >= 15 is 0 Å². The highest BCUT2D eigenvalue weighted by Gasteiger charge is 2.26. The van der Waals surface area contributed by atoms with Crippen LogP contribution in [0.5, 0.6) is 0 Å². The molecule has 3 atom stereocenters. The van der Waals surface area contributed by atoms with Crippen LogP contribution in [0.25, 0.3) is 0 Å². The van der Waals surface area contributed by atoms with Crippen LogP contribution in [0.1, 0.15) is 51.9 Å². The molecule has 4 heteroatoms. The van der Waals surface area contributed by atoms with Crippen LogP contribution >= 0.6 is 0 Å². The SMILES string of the molecule is CCC(OC1CCCCC1)C(=O)N[C@@H]1C=C[C@H](CO)C1. The first-order valence-electron chi connectivity index (χ1n) is 7.98. The van der Waals surface area contributed by atoms with E-state index in [1.165, 1.54) is 19.3 Å². The van der Waals surface area contributed by atoms with Crippen LogP contribution in [-0.4, -0.2) is 35.9 Å². The summed E-state index contributed by atoms with van der Waals surface area (Å²) in [6, 6.07) is 0.0451. The molecule has 0 aromatic carbocycles. The van der Waals surface area contributed by atoms with Gasteiger partial charge in [0.1, 0.15) is 6.10 Å². The van der Waals surface area contributed by atoms with E-state index < -0.39 is 0 Å². The van der Waals surface area contributed by atoms with Crippen LogP contribution in [-0.2, 0) is 9.53 Å². The number of ether oxygens (including phenoxy) is 1. The van der Waals surface area contributed by atoms with Gasteiger partial charge in [-0.05, 0) is 25.7 Å². The average molecular weight is 281 g/mol. The first-order chi connectivity index (χ1) is 9.72. The zero-order chi connectivity index (χ0) is 14.4. The summed E-state index contributed by atoms with van der Waals surface area (Å²) in [6.07, 6.45) is 11.3. The van der Waals surface area contributed by atoms with Crippen molar-refractivity contribution in [3.05, 3.63) is 12.2 Å². The van der Waals surface area contributed by atoms with E-state index in [1.807, 2.05) is 19.1 Å². The molecule has 2 aliphatic carbocycles. The molecular weight excluding hydrogens is 254 g/mol. The monoisotopic (exact) mass is 281 g/mol. The molecule has 0 bridgehead atoms. The van der Waals surface area contributed by atoms with Crippen molar-refractivity contribution in [2.24, 2.45) is 5.92 Å². The van der Waals surface area contributed by atoms with Crippen LogP contribution in [0.15, 0.2) is 12.2 Å². The Morgan fingerprint density at radius 2 is 2.10 bits per heavy atom. The summed E-state index contributed by atoms with van der Waals surface area (Å²) >= 11 is 0. The van der Waals surface area contributed by atoms with Gasteiger partial charge in [-0.25, -0.2) is 0 Å². The number of aliphatic hydroxyl groups excluding tert-OH is 1. The van der Waals surface area contributed by atoms with Gasteiger partial charge >= 0.3 is 0 Å². The van der Waals surface area contributed by atoms with Crippen molar-refractivity contribution in [3.8, 4) is 0 Å². The summed E-state index contributed by atoms with van der Waals surface area (Å²) in [5.74, 6) is 0.172. The Bertz CT molecular complexity index is 337. The molecular formula is C16H27NO3. The predicted molar refractivity (Wildman–Crippen MR) is 78.3 cm³/mol. The Hall–Kier alpha value is -0.870. The van der Waals surface area contributed by atoms with Crippen molar-refractivity contribution in [1.82, 2.24) is 5.32 Å². The van der Waals surface area contributed by atoms with Crippen molar-refractivity contribution >= 4 is 5.91 Å². The summed E-state index contributed by atoms with van der Waals surface area (Å²) in [4.78, 5) is 12.3. The molecule has 20 heavy (non-hydrogen) atoms. The summed E-state index contributed by atoms with van der Waals surface area (Å²) in [5.41, 5.74) is 0. The number of nitrogens with one attached hydrogen (secondary N) is 1. The summed E-state index contributed by atoms with van der Waals surface area (Å²) in [5, 5.41) is 12.1. The number of hydrogen-bond acceptors (Lipinski definition) is 3. The molecule has 0 aromatic rings. The standard InChI is InChI=1S/C16H27NO3/c1-2-15(20-14-6-4-3-5-7-14)16(19)17-13-9-8-12(10-13)11-18/h8-9,12-15,18H,2-7,10-11H2,1H3,(H,17,19)/t12-,13+,15?/m0/s1. The van der Waals surface area contributed by atoms with Crippen LogP contribution in [0.4, 0.5) is 0 Å². The minimum atomic E-state index is -0.334. The van der Waals surface area contributed by atoms with E-state index in [4.69, 9.17) is 9.84 Å². The van der Waals surface area contributed by atoms with Gasteiger partial charge in [-0.15, -0.1) is 0 Å². The summed E-state index contributed by atoms with van der Waals surface area (Å²) < 4.78 is 5.98. The van der Waals surface area contributed by atoms with Crippen LogP contribution in [0.3, 0.4) is 0 Å². The molecule has 1 fully saturated rings. The smallest absolute Gasteiger partial charge is 0.249 e. The molecule has 1 amide bonds. The lowest BCUT2D eigenvalue weighted by atomic mass is 9.97. The lowest BCUT2D eigenvalue weighted by molar-refractivity contribution is -0.138. The highest BCUT2D eigenvalue weighted by molar-refractivity contribution is 5.81. The lowest BCUT2D eigenvalue weighted by Crippen LogP contribution is -2.42. The molecule has 2 aliphatic rings. The van der Waals surface area contributed by atoms with Gasteiger partial charge in [0, 0.05) is 18.6 Å². The Balaban J connectivity index is 1.78. The topological polar surface area (TPSA) is 58.6 Å². The molecule has 1 unspecified atom stereocenters. The number of amides is 1. The molecule has 0 heterocycles. The fraction of sp³-hybridized carbons (Fsp3) is 0.812. The third kappa shape index (κ3) is 4.32. The number of hydrogen-bond donors (Lipinski definition) is 2. The molecule has 0 saturated heterocycles. The molecule has 0 radical (unpaired) electrons. The van der Waals surface area contributed by atoms with Gasteiger partial charge in [-0.3, -0.25) is 4.79 Å². The maximum absolute atomic E-state index is 12.3. The van der Waals surface area contributed by atoms with Crippen molar-refractivity contribution in [3.63, 3.8) is 0 Å². The van der Waals surface area contributed by atoms with Crippen molar-refractivity contribution < 1.29 is 14.6 Å². The number of carbonyl (C=O) groups is 1. The fourth-order valence-electron chi connectivity index (χ4n) is 3.07. The van der Waals surface area contributed by atoms with E-state index in [0.29, 0.717) is 6.42 Å². The number of carbonyl (C=O) groups excluding carboxylic acids is 1. The van der Waals surface area contributed by atoms with Crippen molar-refractivity contribution in [1.29, 1.82) is 0 Å². The first-order valence-corrected chi connectivity index (χ1v) is 7.98. The maximum atomic E-state index is 12.3. The summed E-state index contributed by atoms with van der Waals surface area (Å²) in [7, 11) is 0. The zero-order valence-corrected chi connectivity index (χ0v) is 12.4. The van der Waals surface area contributed by atoms with Crippen LogP contribution in [0, 0.1) is 5.92 Å². The second kappa shape index (κ2) is 7.79. The van der Waals surface area contributed by atoms with E-state index in [9.17, 15) is 4.79 Å². The van der Waals surface area contributed by atoms with Crippen LogP contribution < -0.4 is 5.32 Å². The van der Waals surface area contributed by atoms with E-state index in [-0.39, 0.29) is 36.7 Å². The molecule has 4 nitrogen and oxygen atoms in total. The molecule has 0 spiro atoms.